The third-order valence-corrected chi connectivity index (χ3v) is 8.74. The van der Waals surface area contributed by atoms with Crippen molar-refractivity contribution in [3.63, 3.8) is 0 Å². The van der Waals surface area contributed by atoms with Crippen LogP contribution in [0.1, 0.15) is 35.4 Å². The van der Waals surface area contributed by atoms with Crippen LogP contribution in [-0.2, 0) is 26.8 Å². The van der Waals surface area contributed by atoms with Gasteiger partial charge in [-0.15, -0.1) is 0 Å². The number of aromatic nitrogens is 2. The first kappa shape index (κ1) is 25.1. The Morgan fingerprint density at radius 2 is 1.97 bits per heavy atom. The van der Waals surface area contributed by atoms with E-state index in [4.69, 9.17) is 11.6 Å². The predicted octanol–water partition coefficient (Wildman–Crippen LogP) is 2.18. The molecule has 2 aromatic rings. The zero-order valence-electron chi connectivity index (χ0n) is 18.9. The Kier molecular flexibility index (Phi) is 7.13. The molecule has 2 amide bonds. The Morgan fingerprint density at radius 3 is 2.60 bits per heavy atom. The van der Waals surface area contributed by atoms with E-state index >= 15 is 0 Å². The van der Waals surface area contributed by atoms with Gasteiger partial charge in [-0.2, -0.15) is 0 Å². The summed E-state index contributed by atoms with van der Waals surface area (Å²) in [6, 6.07) is 2.98. The second-order valence-electron chi connectivity index (χ2n) is 8.53. The fourth-order valence-electron chi connectivity index (χ4n) is 4.66. The number of piperazine rings is 1. The lowest BCUT2D eigenvalue weighted by Gasteiger charge is -2.37. The molecule has 0 spiro atoms. The maximum Gasteiger partial charge on any atom is 0.405 e. The minimum atomic E-state index is -3.33. The number of halogens is 2. The van der Waals surface area contributed by atoms with Crippen molar-refractivity contribution in [2.45, 2.75) is 36.8 Å². The number of fused-ring (bicyclic) bond motifs is 1. The fourth-order valence-corrected chi connectivity index (χ4v) is 6.70. The molecule has 4 rings (SSSR count). The highest BCUT2D eigenvalue weighted by atomic mass is 35.5. The molecule has 188 valence electrons. The number of benzene rings is 1. The Morgan fingerprint density at radius 1 is 1.26 bits per heavy atom. The first-order valence-electron chi connectivity index (χ1n) is 11.1. The molecule has 1 fully saturated rings. The summed E-state index contributed by atoms with van der Waals surface area (Å²) in [5.74, 6) is -0.622. The second-order valence-corrected chi connectivity index (χ2v) is 11.1. The summed E-state index contributed by atoms with van der Waals surface area (Å²) in [7, 11) is -3.33. The van der Waals surface area contributed by atoms with Crippen LogP contribution < -0.4 is 10.2 Å². The Balaban J connectivity index is 1.48. The van der Waals surface area contributed by atoms with Crippen molar-refractivity contribution in [2.24, 2.45) is 0 Å². The number of nitrogens with zero attached hydrogens (tertiary/aromatic N) is 4. The van der Waals surface area contributed by atoms with E-state index in [0.717, 1.165) is 0 Å². The highest BCUT2D eigenvalue weighted by Crippen LogP contribution is 2.42. The van der Waals surface area contributed by atoms with Crippen LogP contribution in [0.3, 0.4) is 0 Å². The smallest absolute Gasteiger partial charge is 0.405 e. The van der Waals surface area contributed by atoms with Gasteiger partial charge in [0.1, 0.15) is 24.0 Å². The normalized spacial score (nSPS) is 19.8. The zero-order chi connectivity index (χ0) is 25.3. The average Bonchev–Trinajstić information content (AvgIpc) is 3.09. The Labute approximate surface area is 207 Å². The van der Waals surface area contributed by atoms with Crippen LogP contribution in [0.25, 0.3) is 0 Å². The van der Waals surface area contributed by atoms with E-state index in [9.17, 15) is 27.5 Å². The topological polar surface area (TPSA) is 133 Å². The second kappa shape index (κ2) is 9.94. The van der Waals surface area contributed by atoms with Crippen LogP contribution in [0.5, 0.6) is 0 Å². The van der Waals surface area contributed by atoms with Gasteiger partial charge in [0, 0.05) is 38.2 Å². The molecule has 0 aliphatic carbocycles. The molecular formula is C22H25ClFN5O5S. The molecule has 2 N–H and O–H groups in total. The summed E-state index contributed by atoms with van der Waals surface area (Å²) in [6.07, 6.45) is 0.383. The number of hydrogen-bond acceptors (Lipinski definition) is 7. The molecule has 3 heterocycles. The number of sulfone groups is 1. The van der Waals surface area contributed by atoms with E-state index in [1.165, 1.54) is 18.5 Å². The number of carboxylic acid groups (broad SMARTS) is 1. The molecule has 0 bridgehead atoms. The summed E-state index contributed by atoms with van der Waals surface area (Å²) in [6.45, 7) is 3.16. The Bertz CT molecular complexity index is 1250. The lowest BCUT2D eigenvalue weighted by atomic mass is 10.0. The van der Waals surface area contributed by atoms with Gasteiger partial charge in [0.15, 0.2) is 9.84 Å². The van der Waals surface area contributed by atoms with Gasteiger partial charge in [-0.25, -0.2) is 27.6 Å². The Hall–Kier alpha value is -2.99. The quantitative estimate of drug-likeness (QED) is 0.586. The summed E-state index contributed by atoms with van der Waals surface area (Å²) in [5, 5.41) is 10.7. The van der Waals surface area contributed by atoms with Crippen molar-refractivity contribution in [2.75, 3.05) is 31.1 Å². The summed E-state index contributed by atoms with van der Waals surface area (Å²) < 4.78 is 38.9. The van der Waals surface area contributed by atoms with Crippen molar-refractivity contribution in [3.8, 4) is 0 Å². The van der Waals surface area contributed by atoms with Gasteiger partial charge < -0.3 is 20.2 Å². The molecule has 13 heteroatoms. The van der Waals surface area contributed by atoms with Crippen molar-refractivity contribution in [3.05, 3.63) is 52.2 Å². The van der Waals surface area contributed by atoms with Crippen LogP contribution in [0.15, 0.2) is 24.5 Å². The van der Waals surface area contributed by atoms with Crippen molar-refractivity contribution >= 4 is 39.3 Å². The molecule has 1 unspecified atom stereocenters. The maximum absolute atomic E-state index is 13.8. The van der Waals surface area contributed by atoms with Gasteiger partial charge in [-0.3, -0.25) is 4.79 Å². The third-order valence-electron chi connectivity index (χ3n) is 6.32. The van der Waals surface area contributed by atoms with Crippen molar-refractivity contribution < 1.29 is 27.5 Å². The zero-order valence-corrected chi connectivity index (χ0v) is 20.5. The van der Waals surface area contributed by atoms with E-state index in [0.29, 0.717) is 42.1 Å². The van der Waals surface area contributed by atoms with Gasteiger partial charge in [-0.1, -0.05) is 24.6 Å². The van der Waals surface area contributed by atoms with E-state index < -0.39 is 38.9 Å². The molecule has 2 atom stereocenters. The molecule has 0 saturated carbocycles. The van der Waals surface area contributed by atoms with Crippen LogP contribution in [0.2, 0.25) is 5.02 Å². The van der Waals surface area contributed by atoms with Gasteiger partial charge >= 0.3 is 6.09 Å². The van der Waals surface area contributed by atoms with E-state index in [1.54, 1.807) is 11.0 Å². The predicted molar refractivity (Wildman–Crippen MR) is 127 cm³/mol. The highest BCUT2D eigenvalue weighted by molar-refractivity contribution is 7.91. The summed E-state index contributed by atoms with van der Waals surface area (Å²) >= 11 is 5.71. The number of hydrogen-bond donors (Lipinski definition) is 2. The molecule has 0 radical (unpaired) electrons. The van der Waals surface area contributed by atoms with Crippen molar-refractivity contribution in [1.29, 1.82) is 0 Å². The fraction of sp³-hybridized carbons (Fsp3) is 0.455. The minimum absolute atomic E-state index is 0.0328. The number of nitrogens with one attached hydrogen (secondary N) is 1. The van der Waals surface area contributed by atoms with Gasteiger partial charge in [0.2, 0.25) is 5.91 Å². The van der Waals surface area contributed by atoms with Crippen LogP contribution >= 0.6 is 11.6 Å². The van der Waals surface area contributed by atoms with Crippen LogP contribution in [0, 0.1) is 5.82 Å². The number of carbonyl (C=O) groups is 2. The molecule has 10 nitrogen and oxygen atoms in total. The van der Waals surface area contributed by atoms with E-state index in [2.05, 4.69) is 15.3 Å². The van der Waals surface area contributed by atoms with Crippen LogP contribution in [0.4, 0.5) is 15.0 Å². The molecule has 2 aliphatic rings. The van der Waals surface area contributed by atoms with Gasteiger partial charge in [0.25, 0.3) is 0 Å². The number of rotatable bonds is 6. The maximum atomic E-state index is 13.8. The van der Waals surface area contributed by atoms with Gasteiger partial charge in [-0.05, 0) is 24.1 Å². The standard InChI is InChI=1S/C22H25ClFN5O5S/c1-2-18-19-17(11-35(18,33)34)25-12-26-20(19)28-5-7-29(8-6-28)21(30)16(27-22(31)32)10-13-3-4-14(23)15(24)9-13/h3-4,9,12,16,18,27H,2,5-8,10-11H2,1H3,(H,31,32)/t16-,18?/m1/s1. The van der Waals surface area contributed by atoms with E-state index in [1.807, 2.05) is 11.8 Å². The molecular weight excluding hydrogens is 501 g/mol. The number of anilines is 1. The monoisotopic (exact) mass is 525 g/mol. The number of amides is 2. The first-order chi connectivity index (χ1) is 16.6. The summed E-state index contributed by atoms with van der Waals surface area (Å²) in [5.41, 5.74) is 1.58. The number of carbonyl (C=O) groups excluding carboxylic acids is 1. The highest BCUT2D eigenvalue weighted by Gasteiger charge is 2.40. The lowest BCUT2D eigenvalue weighted by Crippen LogP contribution is -2.55. The molecule has 1 aromatic carbocycles. The van der Waals surface area contributed by atoms with E-state index in [-0.39, 0.29) is 30.3 Å². The molecule has 1 aromatic heterocycles. The van der Waals surface area contributed by atoms with Crippen LogP contribution in [-0.4, -0.2) is 72.6 Å². The average molecular weight is 526 g/mol. The third kappa shape index (κ3) is 5.18. The molecule has 35 heavy (non-hydrogen) atoms. The van der Waals surface area contributed by atoms with Gasteiger partial charge in [0.05, 0.1) is 21.7 Å². The largest absolute Gasteiger partial charge is 0.465 e. The molecule has 2 aliphatic heterocycles. The molecule has 1 saturated heterocycles. The minimum Gasteiger partial charge on any atom is -0.465 e. The summed E-state index contributed by atoms with van der Waals surface area (Å²) in [4.78, 5) is 36.5. The lowest BCUT2D eigenvalue weighted by molar-refractivity contribution is -0.133. The SMILES string of the molecule is CCC1c2c(ncnc2N2CCN(C(=O)[C@@H](Cc3ccc(Cl)c(F)c3)NC(=O)O)CC2)CS1(=O)=O. The first-order valence-corrected chi connectivity index (χ1v) is 13.2. The van der Waals surface area contributed by atoms with Crippen molar-refractivity contribution in [1.82, 2.24) is 20.2 Å².